The van der Waals surface area contributed by atoms with E-state index in [-0.39, 0.29) is 15.7 Å². The van der Waals surface area contributed by atoms with E-state index in [9.17, 15) is 8.42 Å². The molecule has 2 rings (SSSR count). The summed E-state index contributed by atoms with van der Waals surface area (Å²) >= 11 is 10.6. The van der Waals surface area contributed by atoms with Crippen molar-refractivity contribution in [2.24, 2.45) is 5.73 Å². The first kappa shape index (κ1) is 15.7. The van der Waals surface area contributed by atoms with Crippen molar-refractivity contribution in [3.05, 3.63) is 52.7 Å². The molecule has 3 N–H and O–H groups in total. The SMILES string of the molecule is Cc1ccc(C(N)=S)cc1S(=O)(=O)Nc1ccc(Cl)cn1. The number of sulfonamides is 1. The van der Waals surface area contributed by atoms with Gasteiger partial charge < -0.3 is 5.73 Å². The lowest BCUT2D eigenvalue weighted by atomic mass is 10.1. The highest BCUT2D eigenvalue weighted by Crippen LogP contribution is 2.20. The van der Waals surface area contributed by atoms with E-state index >= 15 is 0 Å². The van der Waals surface area contributed by atoms with E-state index in [1.54, 1.807) is 25.1 Å². The number of aryl methyl sites for hydroxylation is 1. The normalized spacial score (nSPS) is 11.1. The molecule has 0 atom stereocenters. The molecule has 0 radical (unpaired) electrons. The van der Waals surface area contributed by atoms with Crippen LogP contribution in [0, 0.1) is 6.92 Å². The molecule has 1 aromatic heterocycles. The van der Waals surface area contributed by atoms with Gasteiger partial charge in [0.25, 0.3) is 10.0 Å². The smallest absolute Gasteiger partial charge is 0.263 e. The molecule has 8 heteroatoms. The van der Waals surface area contributed by atoms with Gasteiger partial charge in [0.2, 0.25) is 0 Å². The van der Waals surface area contributed by atoms with Crippen LogP contribution < -0.4 is 10.5 Å². The molecule has 0 bridgehead atoms. The highest BCUT2D eigenvalue weighted by molar-refractivity contribution is 7.92. The average molecular weight is 342 g/mol. The highest BCUT2D eigenvalue weighted by Gasteiger charge is 2.18. The van der Waals surface area contributed by atoms with Crippen LogP contribution in [-0.4, -0.2) is 18.4 Å². The number of anilines is 1. The fourth-order valence-electron chi connectivity index (χ4n) is 1.67. The van der Waals surface area contributed by atoms with Crippen molar-refractivity contribution in [3.8, 4) is 0 Å². The lowest BCUT2D eigenvalue weighted by molar-refractivity contribution is 0.600. The Balaban J connectivity index is 2.41. The first-order valence-corrected chi connectivity index (χ1v) is 8.11. The van der Waals surface area contributed by atoms with E-state index in [0.717, 1.165) is 0 Å². The van der Waals surface area contributed by atoms with Crippen LogP contribution in [0.3, 0.4) is 0 Å². The molecule has 5 nitrogen and oxygen atoms in total. The molecular weight excluding hydrogens is 330 g/mol. The van der Waals surface area contributed by atoms with E-state index in [0.29, 0.717) is 16.1 Å². The van der Waals surface area contributed by atoms with Gasteiger partial charge in [0.15, 0.2) is 0 Å². The summed E-state index contributed by atoms with van der Waals surface area (Å²) in [7, 11) is -3.78. The zero-order valence-corrected chi connectivity index (χ0v) is 13.4. The number of benzene rings is 1. The second-order valence-corrected chi connectivity index (χ2v) is 6.84. The third-order valence-corrected chi connectivity index (χ3v) is 4.68. The zero-order chi connectivity index (χ0) is 15.6. The molecule has 0 fully saturated rings. The Morgan fingerprint density at radius 2 is 2.05 bits per heavy atom. The van der Waals surface area contributed by atoms with Crippen molar-refractivity contribution in [3.63, 3.8) is 0 Å². The number of halogens is 1. The number of thiocarbonyl (C=S) groups is 1. The summed E-state index contributed by atoms with van der Waals surface area (Å²) in [6.45, 7) is 1.69. The van der Waals surface area contributed by atoms with E-state index in [1.807, 2.05) is 0 Å². The van der Waals surface area contributed by atoms with Gasteiger partial charge in [-0.2, -0.15) is 0 Å². The molecular formula is C13H12ClN3O2S2. The number of hydrogen-bond donors (Lipinski definition) is 2. The van der Waals surface area contributed by atoms with Crippen molar-refractivity contribution in [2.45, 2.75) is 11.8 Å². The van der Waals surface area contributed by atoms with Crippen LogP contribution in [0.1, 0.15) is 11.1 Å². The van der Waals surface area contributed by atoms with Gasteiger partial charge in [0, 0.05) is 11.8 Å². The van der Waals surface area contributed by atoms with Crippen LogP contribution in [-0.2, 0) is 10.0 Å². The number of aromatic nitrogens is 1. The maximum atomic E-state index is 12.4. The number of rotatable bonds is 4. The van der Waals surface area contributed by atoms with Gasteiger partial charge in [-0.3, -0.25) is 4.72 Å². The summed E-state index contributed by atoms with van der Waals surface area (Å²) in [6, 6.07) is 7.79. The van der Waals surface area contributed by atoms with E-state index < -0.39 is 10.0 Å². The van der Waals surface area contributed by atoms with Crippen molar-refractivity contribution in [1.29, 1.82) is 0 Å². The van der Waals surface area contributed by atoms with Crippen LogP contribution in [0.4, 0.5) is 5.82 Å². The van der Waals surface area contributed by atoms with Gasteiger partial charge in [0.1, 0.15) is 10.8 Å². The lowest BCUT2D eigenvalue weighted by Gasteiger charge is -2.11. The Kier molecular flexibility index (Phi) is 4.46. The van der Waals surface area contributed by atoms with Gasteiger partial charge in [-0.05, 0) is 30.7 Å². The minimum absolute atomic E-state index is 0.101. The first-order valence-electron chi connectivity index (χ1n) is 5.84. The number of pyridine rings is 1. The second kappa shape index (κ2) is 5.97. The first-order chi connectivity index (χ1) is 9.79. The molecule has 21 heavy (non-hydrogen) atoms. The Labute approximate surface area is 133 Å². The maximum absolute atomic E-state index is 12.4. The summed E-state index contributed by atoms with van der Waals surface area (Å²) in [5.41, 5.74) is 6.60. The Morgan fingerprint density at radius 1 is 1.33 bits per heavy atom. The topological polar surface area (TPSA) is 85.1 Å². The van der Waals surface area contributed by atoms with E-state index in [1.165, 1.54) is 18.3 Å². The van der Waals surface area contributed by atoms with Gasteiger partial charge in [-0.1, -0.05) is 36.0 Å². The molecule has 0 aliphatic carbocycles. The van der Waals surface area contributed by atoms with Crippen molar-refractivity contribution >= 4 is 44.6 Å². The lowest BCUT2D eigenvalue weighted by Crippen LogP contribution is -2.17. The summed E-state index contributed by atoms with van der Waals surface area (Å²) < 4.78 is 27.2. The summed E-state index contributed by atoms with van der Waals surface area (Å²) in [4.78, 5) is 4.14. The number of nitrogens with zero attached hydrogens (tertiary/aromatic N) is 1. The van der Waals surface area contributed by atoms with E-state index in [2.05, 4.69) is 9.71 Å². The monoisotopic (exact) mass is 341 g/mol. The molecule has 1 heterocycles. The molecule has 2 aromatic rings. The highest BCUT2D eigenvalue weighted by atomic mass is 35.5. The van der Waals surface area contributed by atoms with Crippen LogP contribution in [0.15, 0.2) is 41.4 Å². The minimum atomic E-state index is -3.78. The summed E-state index contributed by atoms with van der Waals surface area (Å²) in [6.07, 6.45) is 1.36. The van der Waals surface area contributed by atoms with Crippen LogP contribution in [0.5, 0.6) is 0 Å². The minimum Gasteiger partial charge on any atom is -0.389 e. The molecule has 110 valence electrons. The Bertz CT molecular complexity index is 790. The summed E-state index contributed by atoms with van der Waals surface area (Å²) in [5, 5.41) is 0.421. The standard InChI is InChI=1S/C13H12ClN3O2S2/c1-8-2-3-9(13(15)20)6-11(8)21(18,19)17-12-5-4-10(14)7-16-12/h2-7H,1H3,(H2,15,20)(H,16,17). The molecule has 0 saturated heterocycles. The van der Waals surface area contributed by atoms with Crippen molar-refractivity contribution in [1.82, 2.24) is 4.98 Å². The van der Waals surface area contributed by atoms with Crippen LogP contribution in [0.25, 0.3) is 0 Å². The zero-order valence-electron chi connectivity index (χ0n) is 11.0. The largest absolute Gasteiger partial charge is 0.389 e. The fraction of sp³-hybridized carbons (Fsp3) is 0.0769. The van der Waals surface area contributed by atoms with Crippen LogP contribution in [0.2, 0.25) is 5.02 Å². The molecule has 0 amide bonds. The van der Waals surface area contributed by atoms with Gasteiger partial charge in [0.05, 0.1) is 9.92 Å². The van der Waals surface area contributed by atoms with Gasteiger partial charge in [-0.25, -0.2) is 13.4 Å². The van der Waals surface area contributed by atoms with Crippen LogP contribution >= 0.6 is 23.8 Å². The van der Waals surface area contributed by atoms with Gasteiger partial charge in [-0.15, -0.1) is 0 Å². The molecule has 1 aromatic carbocycles. The second-order valence-electron chi connectivity index (χ2n) is 4.31. The Morgan fingerprint density at radius 3 is 2.62 bits per heavy atom. The fourth-order valence-corrected chi connectivity index (χ4v) is 3.19. The molecule has 0 aliphatic heterocycles. The maximum Gasteiger partial charge on any atom is 0.263 e. The van der Waals surface area contributed by atoms with E-state index in [4.69, 9.17) is 29.6 Å². The molecule has 0 saturated carbocycles. The Hall–Kier alpha value is -1.70. The third-order valence-electron chi connectivity index (χ3n) is 2.73. The van der Waals surface area contributed by atoms with Crippen molar-refractivity contribution < 1.29 is 8.42 Å². The average Bonchev–Trinajstić information content (AvgIpc) is 2.41. The quantitative estimate of drug-likeness (QED) is 0.834. The molecule has 0 spiro atoms. The van der Waals surface area contributed by atoms with Gasteiger partial charge >= 0.3 is 0 Å². The predicted octanol–water partition coefficient (Wildman–Crippen LogP) is 2.48. The predicted molar refractivity (Wildman–Crippen MR) is 87.1 cm³/mol. The number of hydrogen-bond acceptors (Lipinski definition) is 4. The molecule has 0 unspecified atom stereocenters. The number of nitrogens with two attached hydrogens (primary N) is 1. The number of nitrogens with one attached hydrogen (secondary N) is 1. The third kappa shape index (κ3) is 3.69. The van der Waals surface area contributed by atoms with Crippen molar-refractivity contribution in [2.75, 3.05) is 4.72 Å². The molecule has 0 aliphatic rings. The summed E-state index contributed by atoms with van der Waals surface area (Å²) in [5.74, 6) is 0.180.